The molecule has 1 saturated carbocycles. The number of methoxy groups -OCH3 is 1. The molecule has 1 atom stereocenters. The van der Waals surface area contributed by atoms with Crippen molar-refractivity contribution >= 4 is 55.1 Å². The van der Waals surface area contributed by atoms with Crippen LogP contribution in [0.2, 0.25) is 5.02 Å². The summed E-state index contributed by atoms with van der Waals surface area (Å²) in [5.74, 6) is -0.289. The van der Waals surface area contributed by atoms with E-state index in [-0.39, 0.29) is 35.5 Å². The molecule has 0 spiro atoms. The number of hydrogen-bond acceptors (Lipinski definition) is 5. The van der Waals surface area contributed by atoms with Crippen LogP contribution in [0.4, 0.5) is 5.69 Å². The minimum absolute atomic E-state index is 0.0135. The molecule has 1 aliphatic carbocycles. The van der Waals surface area contributed by atoms with Crippen LogP contribution in [-0.4, -0.2) is 50.9 Å². The minimum Gasteiger partial charge on any atom is -0.497 e. The van der Waals surface area contributed by atoms with Gasteiger partial charge in [0.15, 0.2) is 0 Å². The van der Waals surface area contributed by atoms with Crippen LogP contribution < -0.4 is 14.4 Å². The van der Waals surface area contributed by atoms with E-state index in [1.807, 2.05) is 54.6 Å². The zero-order valence-corrected chi connectivity index (χ0v) is 29.9. The van der Waals surface area contributed by atoms with Gasteiger partial charge in [-0.15, -0.1) is 0 Å². The van der Waals surface area contributed by atoms with Crippen molar-refractivity contribution in [1.29, 1.82) is 0 Å². The molecule has 1 fully saturated rings. The molecule has 0 aromatic heterocycles. The summed E-state index contributed by atoms with van der Waals surface area (Å²) in [7, 11) is -2.75. The van der Waals surface area contributed by atoms with Gasteiger partial charge in [-0.05, 0) is 84.6 Å². The normalized spacial score (nSPS) is 14.1. The van der Waals surface area contributed by atoms with E-state index in [2.05, 4.69) is 21.2 Å². The fourth-order valence-electron chi connectivity index (χ4n) is 5.94. The lowest BCUT2D eigenvalue weighted by molar-refractivity contribution is -0.140. The molecule has 48 heavy (non-hydrogen) atoms. The number of benzene rings is 4. The van der Waals surface area contributed by atoms with E-state index in [1.165, 1.54) is 24.1 Å². The molecule has 1 aliphatic rings. The fraction of sp³-hybridized carbons (Fsp3) is 0.297. The molecular weight excluding hydrogens is 714 g/mol. The van der Waals surface area contributed by atoms with Crippen molar-refractivity contribution in [2.24, 2.45) is 0 Å². The maximum Gasteiger partial charge on any atom is 0.264 e. The number of hydrogen-bond donors (Lipinski definition) is 1. The van der Waals surface area contributed by atoms with Gasteiger partial charge in [-0.2, -0.15) is 0 Å². The molecule has 11 heteroatoms. The van der Waals surface area contributed by atoms with E-state index in [0.717, 1.165) is 52.0 Å². The second-order valence-corrected chi connectivity index (χ2v) is 15.1. The highest BCUT2D eigenvalue weighted by molar-refractivity contribution is 9.10. The highest BCUT2D eigenvalue weighted by Crippen LogP contribution is 2.28. The van der Waals surface area contributed by atoms with Crippen molar-refractivity contribution < 1.29 is 22.7 Å². The smallest absolute Gasteiger partial charge is 0.264 e. The molecule has 0 saturated heterocycles. The molecule has 4 aromatic rings. The number of sulfonamides is 1. The number of carbonyl (C=O) groups is 2. The third-order valence-electron chi connectivity index (χ3n) is 8.51. The Morgan fingerprint density at radius 1 is 0.896 bits per heavy atom. The van der Waals surface area contributed by atoms with Crippen LogP contribution in [0.1, 0.15) is 43.2 Å². The fourth-order valence-corrected chi connectivity index (χ4v) is 7.93. The summed E-state index contributed by atoms with van der Waals surface area (Å²) in [6.07, 6.45) is 5.23. The Morgan fingerprint density at radius 2 is 1.56 bits per heavy atom. The first-order chi connectivity index (χ1) is 23.1. The second kappa shape index (κ2) is 16.5. The monoisotopic (exact) mass is 751 g/mol. The van der Waals surface area contributed by atoms with Crippen LogP contribution in [-0.2, 0) is 32.6 Å². The van der Waals surface area contributed by atoms with Crippen molar-refractivity contribution in [2.45, 2.75) is 62.0 Å². The van der Waals surface area contributed by atoms with E-state index < -0.39 is 28.5 Å². The van der Waals surface area contributed by atoms with E-state index in [1.54, 1.807) is 36.4 Å². The van der Waals surface area contributed by atoms with Gasteiger partial charge in [0.05, 0.1) is 17.7 Å². The number of anilines is 1. The summed E-state index contributed by atoms with van der Waals surface area (Å²) in [6, 6.07) is 28.5. The summed E-state index contributed by atoms with van der Waals surface area (Å²) in [5.41, 5.74) is 1.93. The third-order valence-corrected chi connectivity index (χ3v) is 11.0. The lowest BCUT2D eigenvalue weighted by atomic mass is 9.94. The summed E-state index contributed by atoms with van der Waals surface area (Å²) in [5, 5.41) is 3.65. The van der Waals surface area contributed by atoms with Gasteiger partial charge in [0.1, 0.15) is 18.3 Å². The van der Waals surface area contributed by atoms with Crippen molar-refractivity contribution in [3.63, 3.8) is 0 Å². The SMILES string of the molecule is COc1ccc(S(=O)(=O)N(CC(=O)N(Cc2cccc(Br)c2)C(Cc2ccccc2)C(=O)NC2CCCCC2)c2ccc(Cl)cc2)cc1. The molecule has 0 radical (unpaired) electrons. The highest BCUT2D eigenvalue weighted by atomic mass is 79.9. The van der Waals surface area contributed by atoms with Crippen LogP contribution in [0.25, 0.3) is 0 Å². The van der Waals surface area contributed by atoms with Gasteiger partial charge in [-0.25, -0.2) is 8.42 Å². The summed E-state index contributed by atoms with van der Waals surface area (Å²) in [4.78, 5) is 30.4. The maximum absolute atomic E-state index is 14.7. The molecule has 0 aliphatic heterocycles. The minimum atomic E-state index is -4.25. The van der Waals surface area contributed by atoms with Gasteiger partial charge in [-0.3, -0.25) is 13.9 Å². The molecule has 8 nitrogen and oxygen atoms in total. The number of halogens is 2. The van der Waals surface area contributed by atoms with Crippen LogP contribution in [0.15, 0.2) is 112 Å². The van der Waals surface area contributed by atoms with Crippen LogP contribution in [0, 0.1) is 0 Å². The first-order valence-electron chi connectivity index (χ1n) is 15.9. The lowest BCUT2D eigenvalue weighted by Crippen LogP contribution is -2.55. The molecule has 2 amide bonds. The number of rotatable bonds is 13. The standard InChI is InChI=1S/C37H39BrClN3O5S/c1-47-33-19-21-34(22-20-33)48(45,46)42(32-17-15-30(39)16-18-32)26-36(43)41(25-28-11-8-12-29(38)23-28)35(24-27-9-4-2-5-10-27)37(44)40-31-13-6-3-7-14-31/h2,4-5,8-12,15-23,31,35H,3,6-7,13-14,24-26H2,1H3,(H,40,44). The molecular formula is C37H39BrClN3O5S. The molecule has 0 bridgehead atoms. The summed E-state index contributed by atoms with van der Waals surface area (Å²) in [6.45, 7) is -0.461. The Bertz CT molecular complexity index is 1780. The predicted octanol–water partition coefficient (Wildman–Crippen LogP) is 7.40. The van der Waals surface area contributed by atoms with E-state index in [0.29, 0.717) is 10.8 Å². The lowest BCUT2D eigenvalue weighted by Gasteiger charge is -2.35. The van der Waals surface area contributed by atoms with Gasteiger partial charge < -0.3 is 15.0 Å². The van der Waals surface area contributed by atoms with Crippen LogP contribution in [0.3, 0.4) is 0 Å². The quantitative estimate of drug-likeness (QED) is 0.154. The van der Waals surface area contributed by atoms with Crippen LogP contribution in [0.5, 0.6) is 5.75 Å². The summed E-state index contributed by atoms with van der Waals surface area (Å²) >= 11 is 9.69. The Labute approximate surface area is 296 Å². The largest absolute Gasteiger partial charge is 0.497 e. The van der Waals surface area contributed by atoms with Crippen molar-refractivity contribution in [1.82, 2.24) is 10.2 Å². The number of carbonyl (C=O) groups excluding carboxylic acids is 2. The van der Waals surface area contributed by atoms with Gasteiger partial charge >= 0.3 is 0 Å². The number of ether oxygens (including phenoxy) is 1. The first kappa shape index (κ1) is 35.4. The van der Waals surface area contributed by atoms with E-state index >= 15 is 0 Å². The zero-order valence-electron chi connectivity index (χ0n) is 26.7. The molecule has 5 rings (SSSR count). The zero-order chi connectivity index (χ0) is 34.1. The van der Waals surface area contributed by atoms with Gasteiger partial charge in [0, 0.05) is 28.5 Å². The summed E-state index contributed by atoms with van der Waals surface area (Å²) < 4.78 is 35.6. The number of nitrogens with zero attached hydrogens (tertiary/aromatic N) is 2. The molecule has 1 unspecified atom stereocenters. The van der Waals surface area contributed by atoms with E-state index in [9.17, 15) is 18.0 Å². The third kappa shape index (κ3) is 9.18. The molecule has 1 N–H and O–H groups in total. The Kier molecular flexibility index (Phi) is 12.2. The van der Waals surface area contributed by atoms with Gasteiger partial charge in [0.2, 0.25) is 11.8 Å². The topological polar surface area (TPSA) is 96.0 Å². The van der Waals surface area contributed by atoms with Gasteiger partial charge in [0.25, 0.3) is 10.0 Å². The van der Waals surface area contributed by atoms with E-state index in [4.69, 9.17) is 16.3 Å². The Balaban J connectivity index is 1.56. The Morgan fingerprint density at radius 3 is 2.21 bits per heavy atom. The second-order valence-electron chi connectivity index (χ2n) is 11.9. The average molecular weight is 753 g/mol. The number of amides is 2. The molecule has 252 valence electrons. The molecule has 4 aromatic carbocycles. The van der Waals surface area contributed by atoms with Gasteiger partial charge in [-0.1, -0.05) is 89.3 Å². The number of nitrogens with one attached hydrogen (secondary N) is 1. The Hall–Kier alpha value is -3.86. The van der Waals surface area contributed by atoms with Crippen molar-refractivity contribution in [3.05, 3.63) is 124 Å². The highest BCUT2D eigenvalue weighted by Gasteiger charge is 2.35. The average Bonchev–Trinajstić information content (AvgIpc) is 3.10. The van der Waals surface area contributed by atoms with Crippen LogP contribution >= 0.6 is 27.5 Å². The first-order valence-corrected chi connectivity index (χ1v) is 18.6. The maximum atomic E-state index is 14.7. The predicted molar refractivity (Wildman–Crippen MR) is 193 cm³/mol. The molecule has 0 heterocycles. The van der Waals surface area contributed by atoms with Crippen molar-refractivity contribution in [2.75, 3.05) is 18.0 Å². The van der Waals surface area contributed by atoms with Crippen molar-refractivity contribution in [3.8, 4) is 5.75 Å².